The average Bonchev–Trinajstić information content (AvgIpc) is 3.96. The molecule has 2 heterocycles. The Kier molecular flexibility index (Phi) is 18.5. The molecule has 2 fully saturated rings. The molecule has 2 aliphatic carbocycles. The molecular formula is C44H59N7O8. The van der Waals surface area contributed by atoms with Crippen LogP contribution in [0.25, 0.3) is 0 Å². The van der Waals surface area contributed by atoms with Gasteiger partial charge in [0.1, 0.15) is 0 Å². The van der Waals surface area contributed by atoms with E-state index in [1.54, 1.807) is 54.0 Å². The number of carbonyl (C=O) groups is 4. The summed E-state index contributed by atoms with van der Waals surface area (Å²) in [5.41, 5.74) is 2.80. The molecule has 4 aromatic rings. The van der Waals surface area contributed by atoms with Gasteiger partial charge in [-0.15, -0.1) is 0 Å². The molecule has 2 aromatic carbocycles. The molecule has 2 aliphatic rings. The Balaban J connectivity index is 0.000000224. The molecule has 0 saturated heterocycles. The van der Waals surface area contributed by atoms with Crippen molar-refractivity contribution in [3.8, 4) is 0 Å². The maximum absolute atomic E-state index is 12.2. The van der Waals surface area contributed by atoms with Gasteiger partial charge < -0.3 is 24.8 Å². The second-order valence-corrected chi connectivity index (χ2v) is 15.8. The molecule has 15 nitrogen and oxygen atoms in total. The van der Waals surface area contributed by atoms with Gasteiger partial charge in [-0.25, -0.2) is 5.48 Å². The highest BCUT2D eigenvalue weighted by atomic mass is 16.5. The summed E-state index contributed by atoms with van der Waals surface area (Å²) in [6, 6.07) is 17.8. The molecule has 0 spiro atoms. The minimum absolute atomic E-state index is 0.0251. The lowest BCUT2D eigenvalue weighted by Crippen LogP contribution is -2.23. The number of nitrogens with zero attached hydrogens (tertiary/aromatic N) is 4. The van der Waals surface area contributed by atoms with Crippen molar-refractivity contribution in [2.24, 2.45) is 11.8 Å². The first-order chi connectivity index (χ1) is 28.8. The zero-order chi connectivity index (χ0) is 41.7. The van der Waals surface area contributed by atoms with Gasteiger partial charge in [-0.2, -0.15) is 9.97 Å². The molecule has 6 rings (SSSR count). The van der Waals surface area contributed by atoms with Crippen molar-refractivity contribution >= 4 is 23.7 Å². The number of nitrogens with one attached hydrogen (secondary N) is 3. The highest BCUT2D eigenvalue weighted by molar-refractivity contribution is 5.94. The van der Waals surface area contributed by atoms with Crippen LogP contribution in [0.2, 0.25) is 0 Å². The number of aliphatic carboxylic acids is 1. The second kappa shape index (κ2) is 24.5. The molecule has 318 valence electrons. The van der Waals surface area contributed by atoms with Crippen LogP contribution in [-0.4, -0.2) is 54.3 Å². The van der Waals surface area contributed by atoms with Crippen LogP contribution in [0.4, 0.5) is 0 Å². The standard InChI is InChI=1S/C22H30N4O4.C22H29N3O4/c27-20(25-29)14-18(13-7-10-16-8-3-1-4-9-16)22-24-19(26-30-22)15-23-21(28)17-11-5-2-6-12-17;26-20(27)14-18(13-7-10-16-8-3-1-4-9-16)22-24-19(25-29-22)15-23-21(28)17-11-5-2-6-12-17/h2,5-6,11-12,16,18,29H,1,3-4,7-10,13-15H2,(H,23,28)(H,25,27);2,5-6,11-12,16,18H,1,3-4,7-10,13-15H2,(H,23,28)(H,26,27)/t2*18-/m11/s1. The number of carbonyl (C=O) groups excluding carboxylic acids is 3. The molecule has 5 N–H and O–H groups in total. The van der Waals surface area contributed by atoms with Crippen LogP contribution in [0.1, 0.15) is 172 Å². The van der Waals surface area contributed by atoms with E-state index in [9.17, 15) is 24.3 Å². The van der Waals surface area contributed by atoms with Gasteiger partial charge in [-0.05, 0) is 48.9 Å². The minimum atomic E-state index is -0.871. The number of aromatic nitrogens is 4. The first kappa shape index (κ1) is 44.7. The predicted octanol–water partition coefficient (Wildman–Crippen LogP) is 8.04. The van der Waals surface area contributed by atoms with Crippen molar-refractivity contribution in [2.45, 2.75) is 141 Å². The maximum atomic E-state index is 12.2. The second-order valence-electron chi connectivity index (χ2n) is 15.8. The van der Waals surface area contributed by atoms with E-state index in [0.717, 1.165) is 50.4 Å². The fourth-order valence-corrected chi connectivity index (χ4v) is 8.08. The number of benzene rings is 2. The number of amides is 3. The molecule has 0 radical (unpaired) electrons. The zero-order valence-corrected chi connectivity index (χ0v) is 33.9. The Morgan fingerprint density at radius 2 is 1.05 bits per heavy atom. The van der Waals surface area contributed by atoms with E-state index in [0.29, 0.717) is 34.6 Å². The fraction of sp³-hybridized carbons (Fsp3) is 0.545. The first-order valence-corrected chi connectivity index (χ1v) is 21.2. The van der Waals surface area contributed by atoms with Crippen LogP contribution in [0.15, 0.2) is 69.7 Å². The Bertz CT molecular complexity index is 1860. The lowest BCUT2D eigenvalue weighted by molar-refractivity contribution is -0.137. The van der Waals surface area contributed by atoms with Crippen molar-refractivity contribution in [1.82, 2.24) is 36.4 Å². The van der Waals surface area contributed by atoms with Crippen LogP contribution in [0, 0.1) is 11.8 Å². The van der Waals surface area contributed by atoms with Crippen LogP contribution in [0.5, 0.6) is 0 Å². The molecule has 0 unspecified atom stereocenters. The molecule has 3 amide bonds. The predicted molar refractivity (Wildman–Crippen MR) is 217 cm³/mol. The van der Waals surface area contributed by atoms with Gasteiger partial charge in [0.05, 0.1) is 19.5 Å². The molecule has 2 saturated carbocycles. The zero-order valence-electron chi connectivity index (χ0n) is 33.9. The Morgan fingerprint density at radius 1 is 0.627 bits per heavy atom. The van der Waals surface area contributed by atoms with Crippen LogP contribution < -0.4 is 16.1 Å². The third-order valence-electron chi connectivity index (χ3n) is 11.3. The summed E-state index contributed by atoms with van der Waals surface area (Å²) in [6.07, 6.45) is 18.8. The smallest absolute Gasteiger partial charge is 0.304 e. The third-order valence-corrected chi connectivity index (χ3v) is 11.3. The highest BCUT2D eigenvalue weighted by Crippen LogP contribution is 2.32. The van der Waals surface area contributed by atoms with Gasteiger partial charge in [0.2, 0.25) is 17.7 Å². The molecule has 0 bridgehead atoms. The molecule has 0 aliphatic heterocycles. The number of rotatable bonds is 20. The number of hydroxylamine groups is 1. The van der Waals surface area contributed by atoms with Crippen molar-refractivity contribution in [2.75, 3.05) is 0 Å². The van der Waals surface area contributed by atoms with Gasteiger partial charge in [0.25, 0.3) is 11.8 Å². The molecule has 2 aromatic heterocycles. The average molecular weight is 814 g/mol. The van der Waals surface area contributed by atoms with Gasteiger partial charge in [0, 0.05) is 29.4 Å². The molecule has 59 heavy (non-hydrogen) atoms. The monoisotopic (exact) mass is 813 g/mol. The lowest BCUT2D eigenvalue weighted by atomic mass is 9.84. The summed E-state index contributed by atoms with van der Waals surface area (Å²) in [7, 11) is 0. The van der Waals surface area contributed by atoms with E-state index in [2.05, 4.69) is 30.9 Å². The Morgan fingerprint density at radius 3 is 1.46 bits per heavy atom. The van der Waals surface area contributed by atoms with E-state index >= 15 is 0 Å². The molecule has 15 heteroatoms. The van der Waals surface area contributed by atoms with E-state index in [1.165, 1.54) is 64.2 Å². The largest absolute Gasteiger partial charge is 0.481 e. The van der Waals surface area contributed by atoms with Gasteiger partial charge in [-0.1, -0.05) is 137 Å². The summed E-state index contributed by atoms with van der Waals surface area (Å²) in [4.78, 5) is 56.0. The quantitative estimate of drug-likeness (QED) is 0.0423. The van der Waals surface area contributed by atoms with Gasteiger partial charge in [-0.3, -0.25) is 24.4 Å². The number of hydrogen-bond acceptors (Lipinski definition) is 11. The van der Waals surface area contributed by atoms with E-state index < -0.39 is 11.9 Å². The first-order valence-electron chi connectivity index (χ1n) is 21.2. The maximum Gasteiger partial charge on any atom is 0.304 e. The van der Waals surface area contributed by atoms with Crippen LogP contribution >= 0.6 is 0 Å². The Labute approximate surface area is 345 Å². The summed E-state index contributed by atoms with van der Waals surface area (Å²) < 4.78 is 10.7. The highest BCUT2D eigenvalue weighted by Gasteiger charge is 2.25. The van der Waals surface area contributed by atoms with Gasteiger partial charge in [0.15, 0.2) is 11.6 Å². The van der Waals surface area contributed by atoms with E-state index in [1.807, 2.05) is 12.1 Å². The summed E-state index contributed by atoms with van der Waals surface area (Å²) in [6.45, 7) is 0.275. The van der Waals surface area contributed by atoms with E-state index in [4.69, 9.17) is 14.3 Å². The summed E-state index contributed by atoms with van der Waals surface area (Å²) in [5.74, 6) is 0.623. The van der Waals surface area contributed by atoms with Crippen molar-refractivity contribution in [3.63, 3.8) is 0 Å². The van der Waals surface area contributed by atoms with Crippen LogP contribution in [0.3, 0.4) is 0 Å². The SMILES string of the molecule is O=C(C[C@@H](CCCC1CCCCC1)c1nc(CNC(=O)c2ccccc2)no1)NO.O=C(O)C[C@@H](CCCC1CCCCC1)c1nc(CNC(=O)c2ccccc2)no1. The molecular weight excluding hydrogens is 755 g/mol. The van der Waals surface area contributed by atoms with Crippen molar-refractivity contribution in [1.29, 1.82) is 0 Å². The number of carboxylic acids is 1. The van der Waals surface area contributed by atoms with E-state index in [-0.39, 0.29) is 49.6 Å². The fourth-order valence-electron chi connectivity index (χ4n) is 8.08. The Hall–Kier alpha value is -5.44. The lowest BCUT2D eigenvalue weighted by Gasteiger charge is -2.22. The summed E-state index contributed by atoms with van der Waals surface area (Å²) >= 11 is 0. The number of carboxylic acid groups (broad SMARTS) is 1. The molecule has 2 atom stereocenters. The topological polar surface area (TPSA) is 223 Å². The van der Waals surface area contributed by atoms with Crippen LogP contribution in [-0.2, 0) is 22.7 Å². The van der Waals surface area contributed by atoms with Crippen molar-refractivity contribution < 1.29 is 38.5 Å². The van der Waals surface area contributed by atoms with Crippen molar-refractivity contribution in [3.05, 3.63) is 95.2 Å². The number of hydrogen-bond donors (Lipinski definition) is 5. The summed E-state index contributed by atoms with van der Waals surface area (Å²) in [5, 5.41) is 31.5. The third kappa shape index (κ3) is 15.7. The normalized spacial score (nSPS) is 15.6. The van der Waals surface area contributed by atoms with Gasteiger partial charge >= 0.3 is 5.97 Å². The minimum Gasteiger partial charge on any atom is -0.481 e.